The van der Waals surface area contributed by atoms with Gasteiger partial charge in [0.1, 0.15) is 11.6 Å². The first-order valence-corrected chi connectivity index (χ1v) is 11.5. The summed E-state index contributed by atoms with van der Waals surface area (Å²) in [5, 5.41) is 6.49. The van der Waals surface area contributed by atoms with Crippen LogP contribution in [0.25, 0.3) is 11.1 Å². The summed E-state index contributed by atoms with van der Waals surface area (Å²) in [6.07, 6.45) is 3.50. The van der Waals surface area contributed by atoms with E-state index in [4.69, 9.17) is 9.52 Å². The zero-order valence-electron chi connectivity index (χ0n) is 18.0. The van der Waals surface area contributed by atoms with Gasteiger partial charge in [-0.05, 0) is 42.8 Å². The molecule has 4 rings (SSSR count). The number of rotatable bonds is 9. The smallest absolute Gasteiger partial charge is 0.229 e. The first-order chi connectivity index (χ1) is 16.1. The molecule has 0 amide bonds. The van der Waals surface area contributed by atoms with Gasteiger partial charge in [-0.1, -0.05) is 41.3 Å². The molecule has 4 aromatic rings. The number of benzene rings is 2. The maximum atomic E-state index is 11.5. The lowest BCUT2D eigenvalue weighted by atomic mass is 10.1. The molecule has 0 saturated carbocycles. The number of aromatic nitrogens is 3. The Kier molecular flexibility index (Phi) is 7.11. The van der Waals surface area contributed by atoms with Crippen LogP contribution in [-0.4, -0.2) is 21.6 Å². The fraction of sp³-hybridized carbons (Fsp3) is 0.125. The van der Waals surface area contributed by atoms with Gasteiger partial charge < -0.3 is 24.4 Å². The molecule has 168 valence electrons. The van der Waals surface area contributed by atoms with Crippen molar-refractivity contribution in [3.8, 4) is 16.9 Å². The van der Waals surface area contributed by atoms with E-state index in [1.165, 1.54) is 0 Å². The molecule has 0 radical (unpaired) electrons. The van der Waals surface area contributed by atoms with E-state index in [-0.39, 0.29) is 0 Å². The van der Waals surface area contributed by atoms with Crippen LogP contribution in [-0.2, 0) is 21.3 Å². The van der Waals surface area contributed by atoms with Crippen molar-refractivity contribution in [1.82, 2.24) is 15.0 Å². The van der Waals surface area contributed by atoms with E-state index < -0.39 is 10.6 Å². The van der Waals surface area contributed by atoms with Gasteiger partial charge >= 0.3 is 0 Å². The average Bonchev–Trinajstić information content (AvgIpc) is 2.84. The third-order valence-electron chi connectivity index (χ3n) is 4.73. The van der Waals surface area contributed by atoms with Crippen LogP contribution < -0.4 is 15.4 Å². The van der Waals surface area contributed by atoms with Gasteiger partial charge in [0.2, 0.25) is 5.95 Å². The van der Waals surface area contributed by atoms with Crippen molar-refractivity contribution < 1.29 is 8.95 Å². The van der Waals surface area contributed by atoms with E-state index in [9.17, 15) is 4.21 Å². The summed E-state index contributed by atoms with van der Waals surface area (Å²) in [6.45, 7) is 3.05. The van der Waals surface area contributed by atoms with Crippen molar-refractivity contribution in [2.24, 2.45) is 0 Å². The zero-order chi connectivity index (χ0) is 23.0. The molecule has 0 spiro atoms. The molecule has 0 aliphatic heterocycles. The van der Waals surface area contributed by atoms with Gasteiger partial charge in [-0.2, -0.15) is 15.6 Å². The quantitative estimate of drug-likeness (QED) is 0.288. The van der Waals surface area contributed by atoms with Crippen LogP contribution in [0.15, 0.2) is 84.0 Å². The highest BCUT2D eigenvalue weighted by molar-refractivity contribution is 7.73. The highest BCUT2D eigenvalue weighted by Crippen LogP contribution is 2.29. The van der Waals surface area contributed by atoms with Gasteiger partial charge in [0.05, 0.1) is 18.8 Å². The number of pyridine rings is 1. The standard InChI is InChI=1S/C24H23N6O2S/c1-2-32-20-11-9-17(10-12-20)22-16-28-24(29-18-7-5-8-21(14-18)33(25)31)30-23(22)27-15-19-6-3-4-13-26-19/h3-14,16,25H,2,15H2,1H3,(H2,27,28,29,30)/q-1. The van der Waals surface area contributed by atoms with Crippen LogP contribution in [0.5, 0.6) is 5.75 Å². The van der Waals surface area contributed by atoms with Crippen LogP contribution in [0.2, 0.25) is 0 Å². The summed E-state index contributed by atoms with van der Waals surface area (Å²) in [7, 11) is -1.82. The van der Waals surface area contributed by atoms with Crippen molar-refractivity contribution in [1.29, 1.82) is 4.78 Å². The molecule has 0 saturated heterocycles. The van der Waals surface area contributed by atoms with E-state index in [1.54, 1.807) is 36.7 Å². The molecule has 0 fully saturated rings. The predicted molar refractivity (Wildman–Crippen MR) is 129 cm³/mol. The predicted octanol–water partition coefficient (Wildman–Crippen LogP) is 5.38. The lowest BCUT2D eigenvalue weighted by molar-refractivity contribution is 0.340. The minimum absolute atomic E-state index is 0.376. The highest BCUT2D eigenvalue weighted by atomic mass is 32.2. The Balaban J connectivity index is 1.64. The average molecular weight is 460 g/mol. The summed E-state index contributed by atoms with van der Waals surface area (Å²) in [5.74, 6) is 1.82. The molecule has 9 heteroatoms. The van der Waals surface area contributed by atoms with E-state index in [0.29, 0.717) is 35.5 Å². The Morgan fingerprint density at radius 2 is 1.88 bits per heavy atom. The fourth-order valence-electron chi connectivity index (χ4n) is 3.18. The lowest BCUT2D eigenvalue weighted by Crippen LogP contribution is -2.07. The van der Waals surface area contributed by atoms with E-state index in [1.807, 2.05) is 49.4 Å². The minimum atomic E-state index is -1.82. The summed E-state index contributed by atoms with van der Waals surface area (Å²) in [5.41, 5.74) is 3.31. The maximum absolute atomic E-state index is 11.5. The Labute approximate surface area is 194 Å². The van der Waals surface area contributed by atoms with Gasteiger partial charge in [0.15, 0.2) is 0 Å². The van der Waals surface area contributed by atoms with Crippen molar-refractivity contribution >= 4 is 28.0 Å². The van der Waals surface area contributed by atoms with E-state index >= 15 is 0 Å². The summed E-state index contributed by atoms with van der Waals surface area (Å²) in [4.78, 5) is 13.9. The monoisotopic (exact) mass is 459 g/mol. The first kappa shape index (κ1) is 22.2. The Hall–Kier alpha value is -3.98. The molecule has 2 aromatic carbocycles. The third kappa shape index (κ3) is 5.83. The number of nitrogens with zero attached hydrogens (tertiary/aromatic N) is 3. The van der Waals surface area contributed by atoms with Crippen LogP contribution in [0.4, 0.5) is 17.5 Å². The number of nitrogens with one attached hydrogen (secondary N) is 3. The van der Waals surface area contributed by atoms with Gasteiger partial charge in [-0.25, -0.2) is 4.98 Å². The molecule has 0 aliphatic rings. The molecule has 33 heavy (non-hydrogen) atoms. The summed E-state index contributed by atoms with van der Waals surface area (Å²) >= 11 is 0. The SMILES string of the molecule is CCOc1ccc(-c2cnc(Nc3cccc([S-](=N)=O)c3)nc2NCc2ccccn2)cc1. The molecule has 2 heterocycles. The molecule has 8 nitrogen and oxygen atoms in total. The van der Waals surface area contributed by atoms with E-state index in [2.05, 4.69) is 25.6 Å². The molecular weight excluding hydrogens is 436 g/mol. The molecular formula is C24H23N6O2S-. The van der Waals surface area contributed by atoms with Crippen LogP contribution >= 0.6 is 0 Å². The molecule has 0 aliphatic carbocycles. The zero-order valence-corrected chi connectivity index (χ0v) is 18.8. The highest BCUT2D eigenvalue weighted by Gasteiger charge is 2.11. The Morgan fingerprint density at radius 3 is 2.61 bits per heavy atom. The Bertz CT molecular complexity index is 1290. The second kappa shape index (κ2) is 10.6. The Morgan fingerprint density at radius 1 is 1.03 bits per heavy atom. The number of hydrogen-bond acceptors (Lipinski definition) is 9. The summed E-state index contributed by atoms with van der Waals surface area (Å²) < 4.78 is 24.4. The van der Waals surface area contributed by atoms with Crippen molar-refractivity contribution in [3.63, 3.8) is 0 Å². The van der Waals surface area contributed by atoms with Gasteiger partial charge in [0, 0.05) is 23.6 Å². The second-order valence-corrected chi connectivity index (χ2v) is 8.02. The fourth-order valence-corrected chi connectivity index (χ4v) is 3.62. The molecule has 2 aromatic heterocycles. The van der Waals surface area contributed by atoms with Crippen molar-refractivity contribution in [3.05, 3.63) is 84.8 Å². The second-order valence-electron chi connectivity index (χ2n) is 7.01. The molecule has 0 bridgehead atoms. The molecule has 0 unspecified atom stereocenters. The van der Waals surface area contributed by atoms with Crippen LogP contribution in [0, 0.1) is 4.78 Å². The lowest BCUT2D eigenvalue weighted by Gasteiger charge is -2.14. The minimum Gasteiger partial charge on any atom is -0.494 e. The largest absolute Gasteiger partial charge is 0.494 e. The van der Waals surface area contributed by atoms with Crippen molar-refractivity contribution in [2.75, 3.05) is 17.2 Å². The normalized spacial score (nSPS) is 10.7. The van der Waals surface area contributed by atoms with Gasteiger partial charge in [0.25, 0.3) is 0 Å². The van der Waals surface area contributed by atoms with Crippen molar-refractivity contribution in [2.45, 2.75) is 18.4 Å². The molecule has 0 atom stereocenters. The number of anilines is 3. The van der Waals surface area contributed by atoms with E-state index in [0.717, 1.165) is 22.6 Å². The van der Waals surface area contributed by atoms with Gasteiger partial charge in [-0.15, -0.1) is 0 Å². The first-order valence-electron chi connectivity index (χ1n) is 10.4. The van der Waals surface area contributed by atoms with Crippen LogP contribution in [0.3, 0.4) is 0 Å². The third-order valence-corrected chi connectivity index (χ3v) is 5.41. The number of hydrogen-bond donors (Lipinski definition) is 3. The summed E-state index contributed by atoms with van der Waals surface area (Å²) in [6, 6.07) is 20.4. The topological polar surface area (TPSA) is 113 Å². The van der Waals surface area contributed by atoms with Crippen LogP contribution in [0.1, 0.15) is 12.6 Å². The van der Waals surface area contributed by atoms with Gasteiger partial charge in [-0.3, -0.25) is 4.98 Å². The number of ether oxygens (including phenoxy) is 1. The maximum Gasteiger partial charge on any atom is 0.229 e. The molecule has 3 N–H and O–H groups in total.